The van der Waals surface area contributed by atoms with E-state index in [0.717, 1.165) is 22.0 Å². The SMILES string of the molecule is COc1ccc(/C=N\n2c(C)nc3c([nH]c4ccc(C)cc43)c2=O)cc1OC. The Labute approximate surface area is 161 Å². The summed E-state index contributed by atoms with van der Waals surface area (Å²) in [4.78, 5) is 20.8. The molecule has 0 saturated heterocycles. The Hall–Kier alpha value is -3.61. The number of hydrogen-bond donors (Lipinski definition) is 1. The molecular formula is C21H20N4O3. The van der Waals surface area contributed by atoms with E-state index in [9.17, 15) is 4.79 Å². The molecule has 2 aromatic heterocycles. The minimum Gasteiger partial charge on any atom is -0.493 e. The van der Waals surface area contributed by atoms with Crippen LogP contribution in [0.2, 0.25) is 0 Å². The highest BCUT2D eigenvalue weighted by molar-refractivity contribution is 6.04. The maximum atomic E-state index is 13.0. The number of ether oxygens (including phenoxy) is 2. The molecule has 0 saturated carbocycles. The van der Waals surface area contributed by atoms with Gasteiger partial charge in [0.15, 0.2) is 11.5 Å². The highest BCUT2D eigenvalue weighted by Crippen LogP contribution is 2.27. The standard InChI is InChI=1S/C21H20N4O3/c1-12-5-7-16-15(9-12)19-20(24-16)21(26)25(13(2)23-19)22-11-14-6-8-17(27-3)18(10-14)28-4/h5-11,24H,1-4H3/b22-11-. The summed E-state index contributed by atoms with van der Waals surface area (Å²) in [5.74, 6) is 1.73. The van der Waals surface area contributed by atoms with Crippen LogP contribution < -0.4 is 15.0 Å². The van der Waals surface area contributed by atoms with Crippen molar-refractivity contribution in [1.82, 2.24) is 14.6 Å². The maximum absolute atomic E-state index is 13.0. The van der Waals surface area contributed by atoms with Crippen LogP contribution >= 0.6 is 0 Å². The molecule has 0 radical (unpaired) electrons. The zero-order chi connectivity index (χ0) is 19.8. The smallest absolute Gasteiger partial charge is 0.298 e. The molecule has 4 rings (SSSR count). The summed E-state index contributed by atoms with van der Waals surface area (Å²) < 4.78 is 11.8. The molecule has 0 atom stereocenters. The van der Waals surface area contributed by atoms with Gasteiger partial charge in [-0.2, -0.15) is 9.78 Å². The quantitative estimate of drug-likeness (QED) is 0.554. The highest BCUT2D eigenvalue weighted by Gasteiger charge is 2.13. The largest absolute Gasteiger partial charge is 0.493 e. The summed E-state index contributed by atoms with van der Waals surface area (Å²) in [5, 5.41) is 5.28. The van der Waals surface area contributed by atoms with Gasteiger partial charge < -0.3 is 14.5 Å². The van der Waals surface area contributed by atoms with Crippen molar-refractivity contribution in [3.8, 4) is 11.5 Å². The van der Waals surface area contributed by atoms with Crippen LogP contribution in [0.25, 0.3) is 21.9 Å². The number of aryl methyl sites for hydroxylation is 2. The van der Waals surface area contributed by atoms with Gasteiger partial charge in [-0.3, -0.25) is 4.79 Å². The number of benzene rings is 2. The molecule has 0 fully saturated rings. The van der Waals surface area contributed by atoms with Gasteiger partial charge in [-0.1, -0.05) is 11.6 Å². The van der Waals surface area contributed by atoms with Crippen LogP contribution in [0.15, 0.2) is 46.3 Å². The van der Waals surface area contributed by atoms with Crippen LogP contribution in [-0.4, -0.2) is 35.1 Å². The molecule has 7 heteroatoms. The van der Waals surface area contributed by atoms with Gasteiger partial charge >= 0.3 is 0 Å². The number of aromatic amines is 1. The second kappa shape index (κ2) is 6.84. The number of fused-ring (bicyclic) bond motifs is 3. The first-order valence-corrected chi connectivity index (χ1v) is 8.80. The molecule has 0 spiro atoms. The number of nitrogens with one attached hydrogen (secondary N) is 1. The van der Waals surface area contributed by atoms with E-state index in [1.54, 1.807) is 39.5 Å². The Morgan fingerprint density at radius 3 is 2.61 bits per heavy atom. The van der Waals surface area contributed by atoms with E-state index in [2.05, 4.69) is 15.1 Å². The van der Waals surface area contributed by atoms with Gasteiger partial charge in [-0.15, -0.1) is 0 Å². The van der Waals surface area contributed by atoms with Crippen LogP contribution in [0.3, 0.4) is 0 Å². The zero-order valence-corrected chi connectivity index (χ0v) is 16.1. The molecule has 2 heterocycles. The average molecular weight is 376 g/mol. The number of H-pyrrole nitrogens is 1. The van der Waals surface area contributed by atoms with E-state index in [1.165, 1.54) is 4.68 Å². The molecule has 1 N–H and O–H groups in total. The molecule has 0 aliphatic heterocycles. The Kier molecular flexibility index (Phi) is 4.35. The number of rotatable bonds is 4. The molecule has 4 aromatic rings. The molecule has 7 nitrogen and oxygen atoms in total. The second-order valence-corrected chi connectivity index (χ2v) is 6.53. The van der Waals surface area contributed by atoms with Crippen LogP contribution in [-0.2, 0) is 0 Å². The molecule has 0 aliphatic rings. The lowest BCUT2D eigenvalue weighted by Gasteiger charge is -2.07. The van der Waals surface area contributed by atoms with Crippen molar-refractivity contribution in [2.45, 2.75) is 13.8 Å². The summed E-state index contributed by atoms with van der Waals surface area (Å²) in [5.41, 5.74) is 3.63. The Morgan fingerprint density at radius 1 is 1.07 bits per heavy atom. The van der Waals surface area contributed by atoms with Gasteiger partial charge in [0.2, 0.25) is 0 Å². The molecule has 0 amide bonds. The third-order valence-electron chi connectivity index (χ3n) is 4.64. The lowest BCUT2D eigenvalue weighted by atomic mass is 10.1. The summed E-state index contributed by atoms with van der Waals surface area (Å²) >= 11 is 0. The molecule has 0 aliphatic carbocycles. The Balaban J connectivity index is 1.82. The fourth-order valence-electron chi connectivity index (χ4n) is 3.22. The van der Waals surface area contributed by atoms with Gasteiger partial charge in [0.25, 0.3) is 5.56 Å². The molecule has 2 aromatic carbocycles. The minimum absolute atomic E-state index is 0.243. The van der Waals surface area contributed by atoms with E-state index >= 15 is 0 Å². The van der Waals surface area contributed by atoms with Gasteiger partial charge in [-0.05, 0) is 49.7 Å². The molecular weight excluding hydrogens is 356 g/mol. The van der Waals surface area contributed by atoms with Gasteiger partial charge in [0.1, 0.15) is 16.9 Å². The first kappa shape index (κ1) is 17.8. The van der Waals surface area contributed by atoms with Crippen LogP contribution in [0, 0.1) is 13.8 Å². The summed E-state index contributed by atoms with van der Waals surface area (Å²) in [6, 6.07) is 11.4. The van der Waals surface area contributed by atoms with Crippen molar-refractivity contribution < 1.29 is 9.47 Å². The van der Waals surface area contributed by atoms with Crippen molar-refractivity contribution in [1.29, 1.82) is 0 Å². The molecule has 142 valence electrons. The van der Waals surface area contributed by atoms with Crippen molar-refractivity contribution >= 4 is 28.2 Å². The van der Waals surface area contributed by atoms with Crippen LogP contribution in [0.1, 0.15) is 17.0 Å². The predicted octanol–water partition coefficient (Wildman–Crippen LogP) is 3.39. The fourth-order valence-corrected chi connectivity index (χ4v) is 3.22. The lowest BCUT2D eigenvalue weighted by Crippen LogP contribution is -2.20. The van der Waals surface area contributed by atoms with Crippen LogP contribution in [0.5, 0.6) is 11.5 Å². The Morgan fingerprint density at radius 2 is 1.86 bits per heavy atom. The van der Waals surface area contributed by atoms with E-state index in [0.29, 0.717) is 28.4 Å². The Bertz CT molecular complexity index is 1280. The van der Waals surface area contributed by atoms with E-state index in [1.807, 2.05) is 31.2 Å². The lowest BCUT2D eigenvalue weighted by molar-refractivity contribution is 0.355. The van der Waals surface area contributed by atoms with E-state index < -0.39 is 0 Å². The normalized spacial score (nSPS) is 11.6. The average Bonchev–Trinajstić information content (AvgIpc) is 3.05. The van der Waals surface area contributed by atoms with Gasteiger partial charge in [0, 0.05) is 10.9 Å². The van der Waals surface area contributed by atoms with Crippen molar-refractivity contribution in [2.24, 2.45) is 5.10 Å². The topological polar surface area (TPSA) is 81.5 Å². The van der Waals surface area contributed by atoms with Gasteiger partial charge in [0.05, 0.1) is 20.4 Å². The minimum atomic E-state index is -0.243. The number of nitrogens with zero attached hydrogens (tertiary/aromatic N) is 3. The summed E-state index contributed by atoms with van der Waals surface area (Å²) in [6.07, 6.45) is 1.59. The number of methoxy groups -OCH3 is 2. The number of aromatic nitrogens is 3. The molecule has 28 heavy (non-hydrogen) atoms. The van der Waals surface area contributed by atoms with Crippen molar-refractivity contribution in [3.05, 3.63) is 63.7 Å². The number of hydrogen-bond acceptors (Lipinski definition) is 5. The molecule has 0 unspecified atom stereocenters. The second-order valence-electron chi connectivity index (χ2n) is 6.53. The summed E-state index contributed by atoms with van der Waals surface area (Å²) in [6.45, 7) is 3.78. The van der Waals surface area contributed by atoms with Crippen LogP contribution in [0.4, 0.5) is 0 Å². The van der Waals surface area contributed by atoms with Gasteiger partial charge in [-0.25, -0.2) is 4.98 Å². The van der Waals surface area contributed by atoms with E-state index in [4.69, 9.17) is 9.47 Å². The third kappa shape index (κ3) is 2.90. The third-order valence-corrected chi connectivity index (χ3v) is 4.64. The zero-order valence-electron chi connectivity index (χ0n) is 16.1. The van der Waals surface area contributed by atoms with E-state index in [-0.39, 0.29) is 5.56 Å². The maximum Gasteiger partial charge on any atom is 0.298 e. The first-order chi connectivity index (χ1) is 13.5. The summed E-state index contributed by atoms with van der Waals surface area (Å²) in [7, 11) is 3.15. The predicted molar refractivity (Wildman–Crippen MR) is 110 cm³/mol. The van der Waals surface area contributed by atoms with Crippen molar-refractivity contribution in [2.75, 3.05) is 14.2 Å². The highest BCUT2D eigenvalue weighted by atomic mass is 16.5. The first-order valence-electron chi connectivity index (χ1n) is 8.80. The molecule has 0 bridgehead atoms. The fraction of sp³-hybridized carbons (Fsp3) is 0.190. The van der Waals surface area contributed by atoms with Crippen molar-refractivity contribution in [3.63, 3.8) is 0 Å². The monoisotopic (exact) mass is 376 g/mol.